The van der Waals surface area contributed by atoms with Crippen LogP contribution in [0.5, 0.6) is 0 Å². The van der Waals surface area contributed by atoms with Crippen molar-refractivity contribution >= 4 is 17.5 Å². The summed E-state index contributed by atoms with van der Waals surface area (Å²) < 4.78 is 15.4. The van der Waals surface area contributed by atoms with Crippen LogP contribution in [0.1, 0.15) is 58.5 Å². The van der Waals surface area contributed by atoms with Gasteiger partial charge >= 0.3 is 0 Å². The molecule has 3 heterocycles. The Morgan fingerprint density at radius 1 is 1.16 bits per heavy atom. The minimum atomic E-state index is -0.915. The second-order valence-corrected chi connectivity index (χ2v) is 9.03. The highest BCUT2D eigenvalue weighted by atomic mass is 19.1. The van der Waals surface area contributed by atoms with Gasteiger partial charge in [0.1, 0.15) is 16.9 Å². The van der Waals surface area contributed by atoms with E-state index in [1.165, 1.54) is 12.1 Å². The Balaban J connectivity index is 1.48. The lowest BCUT2D eigenvalue weighted by molar-refractivity contribution is -0.121. The predicted octanol–water partition coefficient (Wildman–Crippen LogP) is 3.91. The molecule has 162 valence electrons. The lowest BCUT2D eigenvalue weighted by Gasteiger charge is -2.34. The molecule has 2 fully saturated rings. The van der Waals surface area contributed by atoms with Crippen molar-refractivity contribution < 1.29 is 14.0 Å². The van der Waals surface area contributed by atoms with E-state index in [0.29, 0.717) is 24.6 Å². The molecule has 0 unspecified atom stereocenters. The standard InChI is InChI=1S/C25H23FN4O2/c1-29-21(14-20(28-29)15-6-7-15)23(31)30-13-12-25(22(30)16-8-10-17(26)11-9-16)18-4-2-3-5-19(18)27-24(25)32/h2-5,8-11,14-15,22H,6-7,12-13H2,1H3,(H,27,32)/t22-,25+/m0/s1. The third-order valence-corrected chi connectivity index (χ3v) is 7.15. The van der Waals surface area contributed by atoms with E-state index in [2.05, 4.69) is 10.4 Å². The number of aromatic nitrogens is 2. The van der Waals surface area contributed by atoms with Crippen molar-refractivity contribution in [1.29, 1.82) is 0 Å². The number of benzene rings is 2. The number of likely N-dealkylation sites (tertiary alicyclic amines) is 1. The van der Waals surface area contributed by atoms with Gasteiger partial charge in [-0.1, -0.05) is 30.3 Å². The molecule has 0 bridgehead atoms. The molecule has 2 atom stereocenters. The Kier molecular flexibility index (Phi) is 4.06. The Labute approximate surface area is 185 Å². The molecule has 2 aromatic carbocycles. The van der Waals surface area contributed by atoms with Gasteiger partial charge in [-0.05, 0) is 54.7 Å². The summed E-state index contributed by atoms with van der Waals surface area (Å²) in [6.45, 7) is 0.423. The van der Waals surface area contributed by atoms with Crippen molar-refractivity contribution in [2.75, 3.05) is 11.9 Å². The third kappa shape index (κ3) is 2.66. The summed E-state index contributed by atoms with van der Waals surface area (Å²) >= 11 is 0. The van der Waals surface area contributed by atoms with Crippen LogP contribution in [0.4, 0.5) is 10.1 Å². The van der Waals surface area contributed by atoms with E-state index >= 15 is 0 Å². The van der Waals surface area contributed by atoms with Crippen molar-refractivity contribution in [2.24, 2.45) is 7.05 Å². The molecule has 1 saturated carbocycles. The van der Waals surface area contributed by atoms with Gasteiger partial charge in [-0.15, -0.1) is 0 Å². The first kappa shape index (κ1) is 19.2. The summed E-state index contributed by atoms with van der Waals surface area (Å²) in [4.78, 5) is 29.0. The van der Waals surface area contributed by atoms with Crippen molar-refractivity contribution in [3.63, 3.8) is 0 Å². The zero-order valence-corrected chi connectivity index (χ0v) is 17.7. The van der Waals surface area contributed by atoms with Crippen molar-refractivity contribution in [2.45, 2.75) is 36.6 Å². The SMILES string of the molecule is Cn1nc(C2CC2)cc1C(=O)N1CC[C@]2(C(=O)Nc3ccccc32)[C@@H]1c1ccc(F)cc1. The number of para-hydroxylation sites is 1. The van der Waals surface area contributed by atoms with Gasteiger partial charge < -0.3 is 10.2 Å². The molecule has 32 heavy (non-hydrogen) atoms. The fourth-order valence-electron chi connectivity index (χ4n) is 5.43. The molecule has 1 N–H and O–H groups in total. The van der Waals surface area contributed by atoms with Crippen molar-refractivity contribution in [1.82, 2.24) is 14.7 Å². The highest BCUT2D eigenvalue weighted by Crippen LogP contribution is 2.55. The zero-order chi connectivity index (χ0) is 22.0. The van der Waals surface area contributed by atoms with E-state index in [4.69, 9.17) is 0 Å². The summed E-state index contributed by atoms with van der Waals surface area (Å²) in [5, 5.41) is 7.57. The third-order valence-electron chi connectivity index (χ3n) is 7.15. The minimum absolute atomic E-state index is 0.119. The van der Waals surface area contributed by atoms with Gasteiger partial charge in [0.15, 0.2) is 0 Å². The molecule has 2 amide bonds. The molecule has 2 aliphatic heterocycles. The molecule has 3 aromatic rings. The number of fused-ring (bicyclic) bond motifs is 2. The molecule has 1 aliphatic carbocycles. The number of aryl methyl sites for hydroxylation is 1. The van der Waals surface area contributed by atoms with E-state index in [1.54, 1.807) is 28.8 Å². The number of hydrogen-bond donors (Lipinski definition) is 1. The van der Waals surface area contributed by atoms with Crippen LogP contribution in [0.15, 0.2) is 54.6 Å². The summed E-state index contributed by atoms with van der Waals surface area (Å²) in [5.41, 5.74) is 2.96. The molecule has 3 aliphatic rings. The number of rotatable bonds is 3. The lowest BCUT2D eigenvalue weighted by Crippen LogP contribution is -2.43. The minimum Gasteiger partial charge on any atom is -0.329 e. The first-order chi connectivity index (χ1) is 15.5. The number of nitrogens with one attached hydrogen (secondary N) is 1. The van der Waals surface area contributed by atoms with Crippen LogP contribution in [-0.2, 0) is 17.3 Å². The highest BCUT2D eigenvalue weighted by molar-refractivity contribution is 6.08. The molecule has 1 saturated heterocycles. The predicted molar refractivity (Wildman–Crippen MR) is 117 cm³/mol. The fourth-order valence-corrected chi connectivity index (χ4v) is 5.43. The molecule has 7 heteroatoms. The van der Waals surface area contributed by atoms with Gasteiger partial charge in [0.2, 0.25) is 5.91 Å². The van der Waals surface area contributed by atoms with Crippen LogP contribution in [0.2, 0.25) is 0 Å². The van der Waals surface area contributed by atoms with E-state index in [1.807, 2.05) is 30.3 Å². The molecule has 1 aromatic heterocycles. The van der Waals surface area contributed by atoms with Gasteiger partial charge in [-0.3, -0.25) is 14.3 Å². The smallest absolute Gasteiger partial charge is 0.272 e. The number of anilines is 1. The Hall–Kier alpha value is -3.48. The van der Waals surface area contributed by atoms with Crippen molar-refractivity contribution in [3.8, 4) is 0 Å². The fraction of sp³-hybridized carbons (Fsp3) is 0.320. The van der Waals surface area contributed by atoms with Gasteiger partial charge in [-0.25, -0.2) is 4.39 Å². The van der Waals surface area contributed by atoms with E-state index in [-0.39, 0.29) is 17.6 Å². The molecule has 0 radical (unpaired) electrons. The first-order valence-electron chi connectivity index (χ1n) is 11.0. The van der Waals surface area contributed by atoms with Crippen LogP contribution >= 0.6 is 0 Å². The largest absolute Gasteiger partial charge is 0.329 e. The average Bonchev–Trinajstić information content (AvgIpc) is 3.36. The number of amides is 2. The van der Waals surface area contributed by atoms with Gasteiger partial charge in [0.05, 0.1) is 11.7 Å². The van der Waals surface area contributed by atoms with Crippen LogP contribution in [0, 0.1) is 5.82 Å². The molecule has 6 nitrogen and oxygen atoms in total. The maximum absolute atomic E-state index is 13.8. The van der Waals surface area contributed by atoms with Gasteiger partial charge in [-0.2, -0.15) is 5.10 Å². The Morgan fingerprint density at radius 2 is 1.91 bits per heavy atom. The van der Waals surface area contributed by atoms with Crippen molar-refractivity contribution in [3.05, 3.63) is 82.9 Å². The Morgan fingerprint density at radius 3 is 2.66 bits per heavy atom. The second-order valence-electron chi connectivity index (χ2n) is 9.03. The molecule has 1 spiro atoms. The van der Waals surface area contributed by atoms with E-state index in [0.717, 1.165) is 35.3 Å². The number of nitrogens with zero attached hydrogens (tertiary/aromatic N) is 3. The summed E-state index contributed by atoms with van der Waals surface area (Å²) in [6.07, 6.45) is 2.70. The topological polar surface area (TPSA) is 67.2 Å². The monoisotopic (exact) mass is 430 g/mol. The molecular weight excluding hydrogens is 407 g/mol. The first-order valence-corrected chi connectivity index (χ1v) is 11.0. The summed E-state index contributed by atoms with van der Waals surface area (Å²) in [6, 6.07) is 15.1. The quantitative estimate of drug-likeness (QED) is 0.685. The lowest BCUT2D eigenvalue weighted by atomic mass is 9.72. The highest BCUT2D eigenvalue weighted by Gasteiger charge is 2.59. The summed E-state index contributed by atoms with van der Waals surface area (Å²) in [5.74, 6) is -0.189. The number of carbonyl (C=O) groups is 2. The number of carbonyl (C=O) groups excluding carboxylic acids is 2. The second kappa shape index (κ2) is 6.76. The van der Waals surface area contributed by atoms with Crippen LogP contribution in [-0.4, -0.2) is 33.0 Å². The molecule has 6 rings (SSSR count). The maximum atomic E-state index is 13.8. The van der Waals surface area contributed by atoms with Crippen LogP contribution < -0.4 is 5.32 Å². The van der Waals surface area contributed by atoms with Crippen LogP contribution in [0.3, 0.4) is 0 Å². The average molecular weight is 430 g/mol. The zero-order valence-electron chi connectivity index (χ0n) is 17.7. The number of hydrogen-bond acceptors (Lipinski definition) is 3. The summed E-state index contributed by atoms with van der Waals surface area (Å²) in [7, 11) is 1.79. The molecular formula is C25H23FN4O2. The van der Waals surface area contributed by atoms with Crippen LogP contribution in [0.25, 0.3) is 0 Å². The van der Waals surface area contributed by atoms with E-state index < -0.39 is 11.5 Å². The van der Waals surface area contributed by atoms with E-state index in [9.17, 15) is 14.0 Å². The van der Waals surface area contributed by atoms with Gasteiger partial charge in [0, 0.05) is 25.2 Å². The maximum Gasteiger partial charge on any atom is 0.272 e. The normalized spacial score (nSPS) is 24.1. The van der Waals surface area contributed by atoms with Gasteiger partial charge in [0.25, 0.3) is 5.91 Å². The Bertz CT molecular complexity index is 1250. The number of halogens is 1.